The van der Waals surface area contributed by atoms with Gasteiger partial charge in [0.25, 0.3) is 5.91 Å². The number of nitrogens with zero attached hydrogens (tertiary/aromatic N) is 2. The Hall–Kier alpha value is -3.13. The number of hydrogen-bond acceptors (Lipinski definition) is 5. The zero-order valence-corrected chi connectivity index (χ0v) is 21.2. The van der Waals surface area contributed by atoms with E-state index in [0.29, 0.717) is 43.9 Å². The highest BCUT2D eigenvalue weighted by Crippen LogP contribution is 2.35. The average molecular weight is 498 g/mol. The van der Waals surface area contributed by atoms with Crippen molar-refractivity contribution >= 4 is 11.8 Å². The SMILES string of the molecule is COc1cc(CCN[C@H]2CC[C@@H](c3ccc(OCC(=O)N4CCN(C(C)=O)CC4)cc3)C2)ccc1F. The van der Waals surface area contributed by atoms with Gasteiger partial charge >= 0.3 is 0 Å². The van der Waals surface area contributed by atoms with Crippen molar-refractivity contribution in [2.45, 2.75) is 44.6 Å². The van der Waals surface area contributed by atoms with E-state index in [1.54, 1.807) is 22.8 Å². The number of methoxy groups -OCH3 is 1. The standard InChI is InChI=1S/C28H36FN3O4/c1-20(33)31-13-15-32(16-14-31)28(34)19-36-25-8-5-22(6-9-25)23-4-7-24(18-23)30-12-11-21-3-10-26(29)27(17-21)35-2/h3,5-6,8-10,17,23-24,30H,4,7,11-16,18-19H2,1-2H3/t23-,24+/m1/s1. The summed E-state index contributed by atoms with van der Waals surface area (Å²) in [5.74, 6) is 1.15. The van der Waals surface area contributed by atoms with Crippen LogP contribution in [0.2, 0.25) is 0 Å². The smallest absolute Gasteiger partial charge is 0.260 e. The van der Waals surface area contributed by atoms with Gasteiger partial charge in [-0.05, 0) is 73.5 Å². The van der Waals surface area contributed by atoms with Gasteiger partial charge in [-0.2, -0.15) is 0 Å². The summed E-state index contributed by atoms with van der Waals surface area (Å²) in [5, 5.41) is 3.64. The fraction of sp³-hybridized carbons (Fsp3) is 0.500. The summed E-state index contributed by atoms with van der Waals surface area (Å²) in [6, 6.07) is 13.6. The minimum Gasteiger partial charge on any atom is -0.494 e. The fourth-order valence-electron chi connectivity index (χ4n) is 5.09. The Morgan fingerprint density at radius 3 is 2.44 bits per heavy atom. The van der Waals surface area contributed by atoms with Gasteiger partial charge in [0.2, 0.25) is 5.91 Å². The Labute approximate surface area is 212 Å². The normalized spacial score (nSPS) is 19.9. The van der Waals surface area contributed by atoms with E-state index in [1.807, 2.05) is 18.2 Å². The van der Waals surface area contributed by atoms with Crippen LogP contribution in [-0.2, 0) is 16.0 Å². The summed E-state index contributed by atoms with van der Waals surface area (Å²) < 4.78 is 24.4. The second kappa shape index (κ2) is 12.2. The number of benzene rings is 2. The number of hydrogen-bond donors (Lipinski definition) is 1. The first-order valence-electron chi connectivity index (χ1n) is 12.7. The third-order valence-electron chi connectivity index (χ3n) is 7.29. The monoisotopic (exact) mass is 497 g/mol. The summed E-state index contributed by atoms with van der Waals surface area (Å²) in [7, 11) is 1.48. The van der Waals surface area contributed by atoms with Crippen LogP contribution in [-0.4, -0.2) is 74.1 Å². The lowest BCUT2D eigenvalue weighted by molar-refractivity contribution is -0.139. The van der Waals surface area contributed by atoms with Crippen molar-refractivity contribution in [3.63, 3.8) is 0 Å². The summed E-state index contributed by atoms with van der Waals surface area (Å²) in [6.45, 7) is 4.67. The van der Waals surface area contributed by atoms with E-state index >= 15 is 0 Å². The molecule has 7 nitrogen and oxygen atoms in total. The lowest BCUT2D eigenvalue weighted by Gasteiger charge is -2.34. The quantitative estimate of drug-likeness (QED) is 0.575. The van der Waals surface area contributed by atoms with Crippen molar-refractivity contribution in [3.8, 4) is 11.5 Å². The molecule has 2 aromatic rings. The van der Waals surface area contributed by atoms with Crippen molar-refractivity contribution in [3.05, 3.63) is 59.4 Å². The van der Waals surface area contributed by atoms with Crippen LogP contribution in [0, 0.1) is 5.82 Å². The highest BCUT2D eigenvalue weighted by molar-refractivity contribution is 5.78. The van der Waals surface area contributed by atoms with Crippen molar-refractivity contribution in [1.82, 2.24) is 15.1 Å². The Morgan fingerprint density at radius 2 is 1.75 bits per heavy atom. The molecule has 2 fully saturated rings. The Bertz CT molecular complexity index is 1040. The first-order valence-corrected chi connectivity index (χ1v) is 12.7. The van der Waals surface area contributed by atoms with Crippen LogP contribution >= 0.6 is 0 Å². The molecule has 0 spiro atoms. The summed E-state index contributed by atoms with van der Waals surface area (Å²) in [4.78, 5) is 27.4. The van der Waals surface area contributed by atoms with Gasteiger partial charge in [-0.25, -0.2) is 4.39 Å². The first kappa shape index (κ1) is 25.9. The molecular weight excluding hydrogens is 461 g/mol. The summed E-state index contributed by atoms with van der Waals surface area (Å²) in [5.41, 5.74) is 2.35. The minimum atomic E-state index is -0.333. The highest BCUT2D eigenvalue weighted by atomic mass is 19.1. The van der Waals surface area contributed by atoms with E-state index in [-0.39, 0.29) is 30.0 Å². The van der Waals surface area contributed by atoms with Gasteiger partial charge in [-0.15, -0.1) is 0 Å². The van der Waals surface area contributed by atoms with Crippen molar-refractivity contribution < 1.29 is 23.5 Å². The molecule has 1 saturated carbocycles. The van der Waals surface area contributed by atoms with Crippen molar-refractivity contribution in [2.24, 2.45) is 0 Å². The molecule has 8 heteroatoms. The molecule has 1 aliphatic carbocycles. The van der Waals surface area contributed by atoms with Crippen molar-refractivity contribution in [1.29, 1.82) is 0 Å². The lowest BCUT2D eigenvalue weighted by atomic mass is 9.97. The summed E-state index contributed by atoms with van der Waals surface area (Å²) in [6.07, 6.45) is 4.17. The number of carbonyl (C=O) groups excluding carboxylic acids is 2. The molecule has 2 amide bonds. The number of piperazine rings is 1. The molecule has 1 heterocycles. The molecule has 36 heavy (non-hydrogen) atoms. The van der Waals surface area contributed by atoms with Gasteiger partial charge in [0.15, 0.2) is 18.2 Å². The predicted octanol–water partition coefficient (Wildman–Crippen LogP) is 3.37. The van der Waals surface area contributed by atoms with Crippen LogP contribution in [0.1, 0.15) is 43.2 Å². The van der Waals surface area contributed by atoms with Crippen LogP contribution in [0.5, 0.6) is 11.5 Å². The molecule has 194 valence electrons. The van der Waals surface area contributed by atoms with Crippen molar-refractivity contribution in [2.75, 3.05) is 46.4 Å². The van der Waals surface area contributed by atoms with Crippen LogP contribution in [0.15, 0.2) is 42.5 Å². The van der Waals surface area contributed by atoms with E-state index in [2.05, 4.69) is 17.4 Å². The Balaban J connectivity index is 1.17. The maximum absolute atomic E-state index is 13.6. The molecule has 0 radical (unpaired) electrons. The molecule has 4 rings (SSSR count). The second-order valence-electron chi connectivity index (χ2n) is 9.62. The zero-order valence-electron chi connectivity index (χ0n) is 21.2. The molecule has 1 aliphatic heterocycles. The molecule has 2 atom stereocenters. The highest BCUT2D eigenvalue weighted by Gasteiger charge is 2.26. The number of amides is 2. The zero-order chi connectivity index (χ0) is 25.5. The van der Waals surface area contributed by atoms with E-state index in [9.17, 15) is 14.0 Å². The first-order chi connectivity index (χ1) is 17.4. The van der Waals surface area contributed by atoms with E-state index in [1.165, 1.54) is 18.7 Å². The van der Waals surface area contributed by atoms with Gasteiger partial charge < -0.3 is 24.6 Å². The van der Waals surface area contributed by atoms with E-state index in [4.69, 9.17) is 9.47 Å². The van der Waals surface area contributed by atoms with E-state index in [0.717, 1.165) is 37.8 Å². The maximum atomic E-state index is 13.6. The van der Waals surface area contributed by atoms with Gasteiger partial charge in [0, 0.05) is 39.1 Å². The minimum absolute atomic E-state index is 0.00870. The third-order valence-corrected chi connectivity index (χ3v) is 7.29. The van der Waals surface area contributed by atoms with Crippen LogP contribution < -0.4 is 14.8 Å². The second-order valence-corrected chi connectivity index (χ2v) is 9.62. The number of ether oxygens (including phenoxy) is 2. The number of halogens is 1. The molecule has 2 aromatic carbocycles. The van der Waals surface area contributed by atoms with Crippen LogP contribution in [0.4, 0.5) is 4.39 Å². The molecule has 0 unspecified atom stereocenters. The van der Waals surface area contributed by atoms with Gasteiger partial charge in [0.05, 0.1) is 7.11 Å². The molecule has 1 saturated heterocycles. The lowest BCUT2D eigenvalue weighted by Crippen LogP contribution is -2.51. The molecular formula is C28H36FN3O4. The predicted molar refractivity (Wildman–Crippen MR) is 136 cm³/mol. The Kier molecular flexibility index (Phi) is 8.80. The van der Waals surface area contributed by atoms with Crippen LogP contribution in [0.25, 0.3) is 0 Å². The number of nitrogens with one attached hydrogen (secondary N) is 1. The third kappa shape index (κ3) is 6.75. The number of rotatable bonds is 9. The molecule has 1 N–H and O–H groups in total. The molecule has 0 bridgehead atoms. The topological polar surface area (TPSA) is 71.1 Å². The molecule has 0 aromatic heterocycles. The largest absolute Gasteiger partial charge is 0.494 e. The fourth-order valence-corrected chi connectivity index (χ4v) is 5.09. The van der Waals surface area contributed by atoms with Gasteiger partial charge in [-0.1, -0.05) is 18.2 Å². The average Bonchev–Trinajstić information content (AvgIpc) is 3.37. The summed E-state index contributed by atoms with van der Waals surface area (Å²) >= 11 is 0. The molecule has 2 aliphatic rings. The maximum Gasteiger partial charge on any atom is 0.260 e. The van der Waals surface area contributed by atoms with E-state index < -0.39 is 0 Å². The van der Waals surface area contributed by atoms with Crippen LogP contribution in [0.3, 0.4) is 0 Å². The van der Waals surface area contributed by atoms with Gasteiger partial charge in [-0.3, -0.25) is 9.59 Å². The van der Waals surface area contributed by atoms with Gasteiger partial charge in [0.1, 0.15) is 5.75 Å². The number of carbonyl (C=O) groups is 2. The Morgan fingerprint density at radius 1 is 1.03 bits per heavy atom.